The van der Waals surface area contributed by atoms with Crippen LogP contribution in [0.1, 0.15) is 112 Å². The van der Waals surface area contributed by atoms with Gasteiger partial charge in [0.1, 0.15) is 0 Å². The number of unbranched alkanes of at least 4 members (excludes halogenated alkanes) is 2. The zero-order valence-corrected chi connectivity index (χ0v) is 19.4. The summed E-state index contributed by atoms with van der Waals surface area (Å²) in [6, 6.07) is 0. The van der Waals surface area contributed by atoms with E-state index in [1.54, 1.807) is 5.57 Å². The molecule has 3 fully saturated rings. The number of aliphatic hydroxyl groups is 1. The molecule has 160 valence electrons. The first-order valence-electron chi connectivity index (χ1n) is 12.6. The Hall–Kier alpha value is -0.300. The SMILES string of the molecule is CCCCC[C@@H](C)[C@H]1CC[C@H]2[C@@H]3CC=C4C[C@@](C)(O)CC[C@]4(C)[C@H]3CC[C@]12C. The summed E-state index contributed by atoms with van der Waals surface area (Å²) in [4.78, 5) is 0. The van der Waals surface area contributed by atoms with Crippen molar-refractivity contribution in [2.75, 3.05) is 0 Å². The van der Waals surface area contributed by atoms with E-state index < -0.39 is 5.60 Å². The van der Waals surface area contributed by atoms with Gasteiger partial charge in [0.2, 0.25) is 0 Å². The van der Waals surface area contributed by atoms with Gasteiger partial charge in [-0.1, -0.05) is 65.0 Å². The fourth-order valence-electron chi connectivity index (χ4n) is 8.70. The van der Waals surface area contributed by atoms with Gasteiger partial charge in [-0.3, -0.25) is 0 Å². The van der Waals surface area contributed by atoms with Crippen LogP contribution in [0.3, 0.4) is 0 Å². The van der Waals surface area contributed by atoms with E-state index in [9.17, 15) is 5.11 Å². The second-order valence-corrected chi connectivity index (χ2v) is 12.1. The molecule has 0 radical (unpaired) electrons. The first-order chi connectivity index (χ1) is 13.2. The van der Waals surface area contributed by atoms with Crippen LogP contribution in [-0.2, 0) is 0 Å². The highest BCUT2D eigenvalue weighted by molar-refractivity contribution is 5.26. The maximum absolute atomic E-state index is 10.7. The summed E-state index contributed by atoms with van der Waals surface area (Å²) in [5.41, 5.74) is 2.11. The predicted molar refractivity (Wildman–Crippen MR) is 119 cm³/mol. The summed E-state index contributed by atoms with van der Waals surface area (Å²) in [6.45, 7) is 12.2. The van der Waals surface area contributed by atoms with E-state index in [2.05, 4.69) is 40.7 Å². The van der Waals surface area contributed by atoms with Crippen LogP contribution in [0, 0.1) is 40.4 Å². The molecule has 0 amide bonds. The molecule has 0 saturated heterocycles. The Balaban J connectivity index is 1.52. The average Bonchev–Trinajstić information content (AvgIpc) is 2.99. The molecule has 0 heterocycles. The third kappa shape index (κ3) is 3.32. The summed E-state index contributed by atoms with van der Waals surface area (Å²) in [5.74, 6) is 4.59. The Kier molecular flexibility index (Phi) is 5.56. The first-order valence-corrected chi connectivity index (χ1v) is 12.6. The molecule has 28 heavy (non-hydrogen) atoms. The second kappa shape index (κ2) is 7.44. The van der Waals surface area contributed by atoms with Gasteiger partial charge < -0.3 is 5.11 Å². The molecule has 1 nitrogen and oxygen atoms in total. The minimum absolute atomic E-state index is 0.372. The summed E-state index contributed by atoms with van der Waals surface area (Å²) >= 11 is 0. The Bertz CT molecular complexity index is 603. The van der Waals surface area contributed by atoms with Gasteiger partial charge in [-0.05, 0) is 98.7 Å². The average molecular weight is 387 g/mol. The Morgan fingerprint density at radius 2 is 1.82 bits per heavy atom. The molecule has 0 unspecified atom stereocenters. The highest BCUT2D eigenvalue weighted by Crippen LogP contribution is 2.67. The van der Waals surface area contributed by atoms with Crippen molar-refractivity contribution in [3.63, 3.8) is 0 Å². The Morgan fingerprint density at radius 3 is 2.57 bits per heavy atom. The van der Waals surface area contributed by atoms with Crippen LogP contribution < -0.4 is 0 Å². The van der Waals surface area contributed by atoms with E-state index >= 15 is 0 Å². The minimum atomic E-state index is -0.465. The topological polar surface area (TPSA) is 20.2 Å². The summed E-state index contributed by atoms with van der Waals surface area (Å²) < 4.78 is 0. The third-order valence-corrected chi connectivity index (χ3v) is 10.4. The minimum Gasteiger partial charge on any atom is -0.390 e. The second-order valence-electron chi connectivity index (χ2n) is 12.1. The van der Waals surface area contributed by atoms with Crippen molar-refractivity contribution >= 4 is 0 Å². The molecule has 8 atom stereocenters. The number of rotatable bonds is 5. The highest BCUT2D eigenvalue weighted by Gasteiger charge is 2.59. The van der Waals surface area contributed by atoms with Gasteiger partial charge in [0.15, 0.2) is 0 Å². The van der Waals surface area contributed by atoms with Crippen molar-refractivity contribution in [1.29, 1.82) is 0 Å². The van der Waals surface area contributed by atoms with E-state index in [1.165, 1.54) is 64.2 Å². The summed E-state index contributed by atoms with van der Waals surface area (Å²) in [7, 11) is 0. The van der Waals surface area contributed by atoms with Crippen LogP contribution in [0.4, 0.5) is 0 Å². The van der Waals surface area contributed by atoms with Gasteiger partial charge in [-0.2, -0.15) is 0 Å². The molecule has 0 aromatic rings. The van der Waals surface area contributed by atoms with Gasteiger partial charge in [0.05, 0.1) is 5.60 Å². The molecule has 1 N–H and O–H groups in total. The lowest BCUT2D eigenvalue weighted by molar-refractivity contribution is -0.0705. The van der Waals surface area contributed by atoms with E-state index in [4.69, 9.17) is 0 Å². The van der Waals surface area contributed by atoms with E-state index in [-0.39, 0.29) is 0 Å². The van der Waals surface area contributed by atoms with Crippen LogP contribution >= 0.6 is 0 Å². The van der Waals surface area contributed by atoms with Crippen molar-refractivity contribution < 1.29 is 5.11 Å². The maximum atomic E-state index is 10.7. The van der Waals surface area contributed by atoms with Gasteiger partial charge in [-0.25, -0.2) is 0 Å². The molecule has 0 bridgehead atoms. The standard InChI is InChI=1S/C27H46O/c1-6-7-8-9-19(2)22-12-13-23-21-11-10-20-18-25(3,28)16-17-26(20,4)24(21)14-15-27(22,23)5/h10,19,21-24,28H,6-9,11-18H2,1-5H3/t19-,21+,22-,23+,24+,25+,26+,27-/m1/s1. The number of allylic oxidation sites excluding steroid dienone is 1. The molecule has 4 aliphatic carbocycles. The monoisotopic (exact) mass is 386 g/mol. The van der Waals surface area contributed by atoms with Crippen molar-refractivity contribution in [2.24, 2.45) is 40.4 Å². The van der Waals surface area contributed by atoms with E-state index in [1.807, 2.05) is 0 Å². The lowest BCUT2D eigenvalue weighted by atomic mass is 9.46. The van der Waals surface area contributed by atoms with Gasteiger partial charge >= 0.3 is 0 Å². The summed E-state index contributed by atoms with van der Waals surface area (Å²) in [6.07, 6.45) is 18.5. The van der Waals surface area contributed by atoms with Crippen LogP contribution in [0.2, 0.25) is 0 Å². The number of hydrogen-bond donors (Lipinski definition) is 1. The largest absolute Gasteiger partial charge is 0.390 e. The van der Waals surface area contributed by atoms with Crippen molar-refractivity contribution in [2.45, 2.75) is 117 Å². The van der Waals surface area contributed by atoms with Crippen LogP contribution in [0.25, 0.3) is 0 Å². The normalized spacial score (nSPS) is 49.0. The Labute approximate surface area is 174 Å². The smallest absolute Gasteiger partial charge is 0.0657 e. The molecule has 3 saturated carbocycles. The molecule has 1 heteroatoms. The van der Waals surface area contributed by atoms with Crippen molar-refractivity contribution in [3.05, 3.63) is 11.6 Å². The fourth-order valence-corrected chi connectivity index (χ4v) is 8.70. The summed E-state index contributed by atoms with van der Waals surface area (Å²) in [5, 5.41) is 10.7. The molecule has 0 aliphatic heterocycles. The van der Waals surface area contributed by atoms with Crippen molar-refractivity contribution in [1.82, 2.24) is 0 Å². The molecule has 0 aromatic carbocycles. The first kappa shape index (κ1) is 21.0. The maximum Gasteiger partial charge on any atom is 0.0657 e. The number of fused-ring (bicyclic) bond motifs is 5. The Morgan fingerprint density at radius 1 is 1.04 bits per heavy atom. The lowest BCUT2D eigenvalue weighted by Gasteiger charge is -2.59. The van der Waals surface area contributed by atoms with Crippen molar-refractivity contribution in [3.8, 4) is 0 Å². The highest BCUT2D eigenvalue weighted by atomic mass is 16.3. The predicted octanol–water partition coefficient (Wildman–Crippen LogP) is 7.53. The number of hydrogen-bond acceptors (Lipinski definition) is 1. The quantitative estimate of drug-likeness (QED) is 0.382. The van der Waals surface area contributed by atoms with E-state index in [0.717, 1.165) is 42.4 Å². The van der Waals surface area contributed by atoms with Crippen LogP contribution in [0.5, 0.6) is 0 Å². The zero-order chi connectivity index (χ0) is 20.2. The lowest BCUT2D eigenvalue weighted by Crippen LogP contribution is -2.52. The van der Waals surface area contributed by atoms with Crippen LogP contribution in [0.15, 0.2) is 11.6 Å². The zero-order valence-electron chi connectivity index (χ0n) is 19.4. The van der Waals surface area contributed by atoms with Gasteiger partial charge in [0, 0.05) is 0 Å². The molecular formula is C27H46O. The van der Waals surface area contributed by atoms with Gasteiger partial charge in [0.25, 0.3) is 0 Å². The molecule has 0 spiro atoms. The van der Waals surface area contributed by atoms with Gasteiger partial charge in [-0.15, -0.1) is 0 Å². The third-order valence-electron chi connectivity index (χ3n) is 10.4. The molecule has 4 aliphatic rings. The van der Waals surface area contributed by atoms with E-state index in [0.29, 0.717) is 10.8 Å². The molecule has 4 rings (SSSR count). The molecule has 0 aromatic heterocycles. The molecular weight excluding hydrogens is 340 g/mol. The van der Waals surface area contributed by atoms with Crippen LogP contribution in [-0.4, -0.2) is 10.7 Å². The fraction of sp³-hybridized carbons (Fsp3) is 0.926.